The third-order valence-electron chi connectivity index (χ3n) is 2.72. The van der Waals surface area contributed by atoms with E-state index in [2.05, 4.69) is 17.5 Å². The quantitative estimate of drug-likeness (QED) is 0.494. The maximum absolute atomic E-state index is 13.4. The molecule has 3 N–H and O–H groups in total. The fraction of sp³-hybridized carbons (Fsp3) is 0.333. The van der Waals surface area contributed by atoms with Gasteiger partial charge in [0.1, 0.15) is 5.82 Å². The molecule has 1 unspecified atom stereocenters. The van der Waals surface area contributed by atoms with Gasteiger partial charge in [-0.25, -0.2) is 4.39 Å². The summed E-state index contributed by atoms with van der Waals surface area (Å²) in [6.45, 7) is 0. The van der Waals surface area contributed by atoms with E-state index >= 15 is 0 Å². The Hall–Kier alpha value is -0.780. The van der Waals surface area contributed by atoms with Crippen molar-refractivity contribution in [3.05, 3.63) is 33.7 Å². The molecule has 0 saturated carbocycles. The number of nitrogen functional groups attached to an aromatic ring is 1. The number of allylic oxidation sites excluding steroid dienone is 1. The van der Waals surface area contributed by atoms with Crippen LogP contribution in [0, 0.1) is 9.39 Å². The monoisotopic (exact) mass is 332 g/mol. The van der Waals surface area contributed by atoms with Gasteiger partial charge in [-0.3, -0.25) is 0 Å². The summed E-state index contributed by atoms with van der Waals surface area (Å²) in [5.41, 5.74) is 7.17. The van der Waals surface area contributed by atoms with Gasteiger partial charge in [0.25, 0.3) is 0 Å². The first-order valence-electron chi connectivity index (χ1n) is 5.33. The second-order valence-electron chi connectivity index (χ2n) is 3.98. The lowest BCUT2D eigenvalue weighted by atomic mass is 10.0. The molecule has 0 spiro atoms. The van der Waals surface area contributed by atoms with Crippen LogP contribution in [-0.2, 0) is 0 Å². The van der Waals surface area contributed by atoms with E-state index in [1.165, 1.54) is 6.07 Å². The van der Waals surface area contributed by atoms with Crippen molar-refractivity contribution in [2.45, 2.75) is 25.3 Å². The number of nitrogens with two attached hydrogens (primary N) is 1. The number of anilines is 2. The zero-order valence-corrected chi connectivity index (χ0v) is 11.0. The Labute approximate surface area is 108 Å². The van der Waals surface area contributed by atoms with Crippen molar-refractivity contribution in [2.75, 3.05) is 11.1 Å². The minimum absolute atomic E-state index is 0.219. The van der Waals surface area contributed by atoms with Crippen molar-refractivity contribution in [3.63, 3.8) is 0 Å². The average molecular weight is 332 g/mol. The number of hydrogen-bond acceptors (Lipinski definition) is 2. The highest BCUT2D eigenvalue weighted by atomic mass is 127. The highest BCUT2D eigenvalue weighted by Gasteiger charge is 2.12. The molecule has 4 heteroatoms. The van der Waals surface area contributed by atoms with Crippen LogP contribution in [0.2, 0.25) is 0 Å². The second-order valence-corrected chi connectivity index (χ2v) is 5.14. The molecular weight excluding hydrogens is 318 g/mol. The largest absolute Gasteiger partial charge is 0.397 e. The molecule has 0 saturated heterocycles. The minimum atomic E-state index is -0.219. The maximum Gasteiger partial charge on any atom is 0.138 e. The molecular formula is C12H14FIN2. The molecule has 0 radical (unpaired) electrons. The molecule has 86 valence electrons. The predicted octanol–water partition coefficient (Wildman–Crippen LogP) is 3.53. The van der Waals surface area contributed by atoms with Crippen LogP contribution < -0.4 is 11.1 Å². The topological polar surface area (TPSA) is 38.0 Å². The molecule has 0 heterocycles. The van der Waals surface area contributed by atoms with Crippen LogP contribution >= 0.6 is 22.6 Å². The van der Waals surface area contributed by atoms with Gasteiger partial charge in [0.15, 0.2) is 0 Å². The van der Waals surface area contributed by atoms with Crippen molar-refractivity contribution in [1.82, 2.24) is 0 Å². The third-order valence-corrected chi connectivity index (χ3v) is 3.55. The Balaban J connectivity index is 2.14. The SMILES string of the molecule is Nc1cc(I)c(F)cc1NC1CC=CCC1. The molecule has 1 atom stereocenters. The molecule has 0 amide bonds. The highest BCUT2D eigenvalue weighted by Crippen LogP contribution is 2.26. The van der Waals surface area contributed by atoms with Crippen molar-refractivity contribution in [3.8, 4) is 0 Å². The van der Waals surface area contributed by atoms with Gasteiger partial charge in [-0.2, -0.15) is 0 Å². The van der Waals surface area contributed by atoms with E-state index in [1.54, 1.807) is 6.07 Å². The minimum Gasteiger partial charge on any atom is -0.397 e. The summed E-state index contributed by atoms with van der Waals surface area (Å²) in [4.78, 5) is 0. The number of hydrogen-bond donors (Lipinski definition) is 2. The molecule has 2 nitrogen and oxygen atoms in total. The zero-order valence-electron chi connectivity index (χ0n) is 8.84. The molecule has 2 rings (SSSR count). The van der Waals surface area contributed by atoms with Gasteiger partial charge in [-0.05, 0) is 47.9 Å². The van der Waals surface area contributed by atoms with Crippen LogP contribution in [0.15, 0.2) is 24.3 Å². The van der Waals surface area contributed by atoms with E-state index in [1.807, 2.05) is 22.6 Å². The summed E-state index contributed by atoms with van der Waals surface area (Å²) >= 11 is 1.94. The van der Waals surface area contributed by atoms with E-state index in [-0.39, 0.29) is 5.82 Å². The zero-order chi connectivity index (χ0) is 11.5. The lowest BCUT2D eigenvalue weighted by Crippen LogP contribution is -2.21. The molecule has 1 aromatic carbocycles. The maximum atomic E-state index is 13.4. The molecule has 0 aromatic heterocycles. The van der Waals surface area contributed by atoms with Crippen LogP contribution in [-0.4, -0.2) is 6.04 Å². The lowest BCUT2D eigenvalue weighted by molar-refractivity contribution is 0.617. The highest BCUT2D eigenvalue weighted by molar-refractivity contribution is 14.1. The number of halogens is 2. The van der Waals surface area contributed by atoms with E-state index in [0.717, 1.165) is 19.3 Å². The van der Waals surface area contributed by atoms with Crippen LogP contribution in [0.1, 0.15) is 19.3 Å². The molecule has 1 aromatic rings. The summed E-state index contributed by atoms with van der Waals surface area (Å²) in [5.74, 6) is -0.219. The lowest BCUT2D eigenvalue weighted by Gasteiger charge is -2.21. The van der Waals surface area contributed by atoms with Crippen molar-refractivity contribution in [1.29, 1.82) is 0 Å². The third kappa shape index (κ3) is 2.66. The Morgan fingerprint density at radius 3 is 2.88 bits per heavy atom. The smallest absolute Gasteiger partial charge is 0.138 e. The summed E-state index contributed by atoms with van der Waals surface area (Å²) < 4.78 is 14.0. The van der Waals surface area contributed by atoms with E-state index in [9.17, 15) is 4.39 Å². The Morgan fingerprint density at radius 1 is 1.38 bits per heavy atom. The van der Waals surface area contributed by atoms with E-state index in [4.69, 9.17) is 5.73 Å². The molecule has 1 aliphatic carbocycles. The molecule has 0 aliphatic heterocycles. The Bertz CT molecular complexity index is 418. The normalized spacial score (nSPS) is 19.8. The first kappa shape index (κ1) is 11.7. The van der Waals surface area contributed by atoms with E-state index < -0.39 is 0 Å². The fourth-order valence-electron chi connectivity index (χ4n) is 1.83. The number of benzene rings is 1. The first-order chi connectivity index (χ1) is 7.66. The average Bonchev–Trinajstić information content (AvgIpc) is 2.27. The summed E-state index contributed by atoms with van der Waals surface area (Å²) in [5, 5.41) is 3.30. The Morgan fingerprint density at radius 2 is 2.19 bits per heavy atom. The number of rotatable bonds is 2. The van der Waals surface area contributed by atoms with Crippen molar-refractivity contribution < 1.29 is 4.39 Å². The van der Waals surface area contributed by atoms with E-state index in [0.29, 0.717) is 21.0 Å². The van der Waals surface area contributed by atoms with Gasteiger partial charge in [0.05, 0.1) is 14.9 Å². The summed E-state index contributed by atoms with van der Waals surface area (Å²) in [6.07, 6.45) is 7.46. The standard InChI is InChI=1S/C12H14FIN2/c13-9-6-12(11(15)7-10(9)14)16-8-4-2-1-3-5-8/h1-2,6-8,16H,3-5,15H2. The van der Waals surface area contributed by atoms with Crippen LogP contribution in [0.25, 0.3) is 0 Å². The van der Waals surface area contributed by atoms with Gasteiger partial charge < -0.3 is 11.1 Å². The van der Waals surface area contributed by atoms with Crippen LogP contribution in [0.5, 0.6) is 0 Å². The van der Waals surface area contributed by atoms with Gasteiger partial charge >= 0.3 is 0 Å². The Kier molecular flexibility index (Phi) is 3.68. The predicted molar refractivity (Wildman–Crippen MR) is 73.9 cm³/mol. The first-order valence-corrected chi connectivity index (χ1v) is 6.41. The second kappa shape index (κ2) is 5.03. The van der Waals surface area contributed by atoms with Gasteiger partial charge in [0.2, 0.25) is 0 Å². The van der Waals surface area contributed by atoms with Crippen molar-refractivity contribution in [2.24, 2.45) is 0 Å². The molecule has 0 fully saturated rings. The fourth-order valence-corrected chi connectivity index (χ4v) is 2.32. The van der Waals surface area contributed by atoms with Crippen molar-refractivity contribution >= 4 is 34.0 Å². The number of nitrogens with one attached hydrogen (secondary N) is 1. The summed E-state index contributed by atoms with van der Waals surface area (Å²) in [7, 11) is 0. The van der Waals surface area contributed by atoms with Crippen LogP contribution in [0.4, 0.5) is 15.8 Å². The summed E-state index contributed by atoms with van der Waals surface area (Å²) in [6, 6.07) is 3.51. The molecule has 0 bridgehead atoms. The van der Waals surface area contributed by atoms with Gasteiger partial charge in [-0.15, -0.1) is 0 Å². The van der Waals surface area contributed by atoms with Crippen LogP contribution in [0.3, 0.4) is 0 Å². The molecule has 16 heavy (non-hydrogen) atoms. The van der Waals surface area contributed by atoms with Gasteiger partial charge in [0, 0.05) is 12.1 Å². The molecule has 1 aliphatic rings. The van der Waals surface area contributed by atoms with Gasteiger partial charge in [-0.1, -0.05) is 12.2 Å².